The standard InChI is InChI=1S/C17H26N2O2/c1-14(12-19-8-3-4-9-19)11-18(2)13-15-6-5-7-16(10-15)17(20)21/h5-7,10,14H,3-4,8-9,11-13H2,1-2H3,(H,20,21). The van der Waals surface area contributed by atoms with Crippen molar-refractivity contribution in [1.29, 1.82) is 0 Å². The number of hydrogen-bond donors (Lipinski definition) is 1. The van der Waals surface area contributed by atoms with Crippen LogP contribution in [-0.4, -0.2) is 54.1 Å². The van der Waals surface area contributed by atoms with Gasteiger partial charge in [-0.2, -0.15) is 0 Å². The highest BCUT2D eigenvalue weighted by Crippen LogP contribution is 2.13. The van der Waals surface area contributed by atoms with Gasteiger partial charge in [0.15, 0.2) is 0 Å². The largest absolute Gasteiger partial charge is 0.478 e. The third kappa shape index (κ3) is 5.14. The van der Waals surface area contributed by atoms with E-state index in [-0.39, 0.29) is 0 Å². The molecule has 0 spiro atoms. The maximum atomic E-state index is 11.0. The number of hydrogen-bond acceptors (Lipinski definition) is 3. The lowest BCUT2D eigenvalue weighted by atomic mass is 10.1. The van der Waals surface area contributed by atoms with Crippen molar-refractivity contribution in [2.45, 2.75) is 26.3 Å². The summed E-state index contributed by atoms with van der Waals surface area (Å²) in [6.45, 7) is 7.78. The maximum Gasteiger partial charge on any atom is 0.335 e. The molecule has 0 aliphatic carbocycles. The lowest BCUT2D eigenvalue weighted by Gasteiger charge is -2.25. The number of carboxylic acids is 1. The van der Waals surface area contributed by atoms with E-state index in [0.717, 1.165) is 18.7 Å². The minimum Gasteiger partial charge on any atom is -0.478 e. The molecule has 1 aromatic carbocycles. The van der Waals surface area contributed by atoms with E-state index in [9.17, 15) is 4.79 Å². The van der Waals surface area contributed by atoms with Gasteiger partial charge in [0.05, 0.1) is 5.56 Å². The summed E-state index contributed by atoms with van der Waals surface area (Å²) in [5.74, 6) is -0.224. The topological polar surface area (TPSA) is 43.8 Å². The van der Waals surface area contributed by atoms with Gasteiger partial charge in [0.1, 0.15) is 0 Å². The Labute approximate surface area is 127 Å². The molecule has 0 amide bonds. The predicted molar refractivity (Wildman–Crippen MR) is 84.6 cm³/mol. The normalized spacial score (nSPS) is 17.3. The smallest absolute Gasteiger partial charge is 0.335 e. The first-order valence-electron chi connectivity index (χ1n) is 7.77. The molecule has 1 aliphatic heterocycles. The van der Waals surface area contributed by atoms with Crippen molar-refractivity contribution in [1.82, 2.24) is 9.80 Å². The summed E-state index contributed by atoms with van der Waals surface area (Å²) < 4.78 is 0. The van der Waals surface area contributed by atoms with Gasteiger partial charge in [-0.1, -0.05) is 19.1 Å². The first-order valence-corrected chi connectivity index (χ1v) is 7.77. The van der Waals surface area contributed by atoms with E-state index in [1.807, 2.05) is 12.1 Å². The van der Waals surface area contributed by atoms with Crippen LogP contribution in [-0.2, 0) is 6.54 Å². The molecule has 116 valence electrons. The molecule has 1 N–H and O–H groups in total. The zero-order valence-electron chi connectivity index (χ0n) is 13.1. The van der Waals surface area contributed by atoms with Crippen LogP contribution in [0.25, 0.3) is 0 Å². The van der Waals surface area contributed by atoms with Crippen molar-refractivity contribution >= 4 is 5.97 Å². The van der Waals surface area contributed by atoms with E-state index in [4.69, 9.17) is 5.11 Å². The lowest BCUT2D eigenvalue weighted by molar-refractivity contribution is 0.0696. The fraction of sp³-hybridized carbons (Fsp3) is 0.588. The van der Waals surface area contributed by atoms with Gasteiger partial charge < -0.3 is 14.9 Å². The molecule has 0 bridgehead atoms. The molecule has 0 radical (unpaired) electrons. The number of aromatic carboxylic acids is 1. The van der Waals surface area contributed by atoms with Gasteiger partial charge in [0, 0.05) is 19.6 Å². The molecule has 1 atom stereocenters. The molecule has 4 nitrogen and oxygen atoms in total. The van der Waals surface area contributed by atoms with Crippen molar-refractivity contribution in [3.8, 4) is 0 Å². The van der Waals surface area contributed by atoms with Crippen LogP contribution in [0.15, 0.2) is 24.3 Å². The van der Waals surface area contributed by atoms with Gasteiger partial charge in [0.25, 0.3) is 0 Å². The molecule has 1 saturated heterocycles. The monoisotopic (exact) mass is 290 g/mol. The Morgan fingerprint density at radius 3 is 2.76 bits per heavy atom. The zero-order valence-corrected chi connectivity index (χ0v) is 13.1. The average molecular weight is 290 g/mol. The van der Waals surface area contributed by atoms with Gasteiger partial charge in [-0.25, -0.2) is 4.79 Å². The quantitative estimate of drug-likeness (QED) is 0.838. The predicted octanol–water partition coefficient (Wildman–Crippen LogP) is 2.55. The highest BCUT2D eigenvalue weighted by Gasteiger charge is 2.16. The van der Waals surface area contributed by atoms with Crippen LogP contribution in [0.2, 0.25) is 0 Å². The molecule has 1 aromatic rings. The van der Waals surface area contributed by atoms with E-state index in [1.54, 1.807) is 12.1 Å². The number of rotatable bonds is 7. The maximum absolute atomic E-state index is 11.0. The Balaban J connectivity index is 1.81. The summed E-state index contributed by atoms with van der Waals surface area (Å²) in [5, 5.41) is 9.03. The number of nitrogens with zero attached hydrogens (tertiary/aromatic N) is 2. The molecular formula is C17H26N2O2. The van der Waals surface area contributed by atoms with Crippen LogP contribution >= 0.6 is 0 Å². The third-order valence-electron chi connectivity index (χ3n) is 4.02. The second-order valence-corrected chi connectivity index (χ2v) is 6.32. The second-order valence-electron chi connectivity index (χ2n) is 6.32. The van der Waals surface area contributed by atoms with E-state index in [0.29, 0.717) is 11.5 Å². The van der Waals surface area contributed by atoms with Crippen molar-refractivity contribution in [3.63, 3.8) is 0 Å². The van der Waals surface area contributed by atoms with Gasteiger partial charge in [0.2, 0.25) is 0 Å². The van der Waals surface area contributed by atoms with Gasteiger partial charge >= 0.3 is 5.97 Å². The Morgan fingerprint density at radius 2 is 2.10 bits per heavy atom. The summed E-state index contributed by atoms with van der Waals surface area (Å²) in [6.07, 6.45) is 2.68. The van der Waals surface area contributed by atoms with Crippen LogP contribution < -0.4 is 0 Å². The summed E-state index contributed by atoms with van der Waals surface area (Å²) in [5.41, 5.74) is 1.43. The fourth-order valence-electron chi connectivity index (χ4n) is 3.17. The lowest BCUT2D eigenvalue weighted by Crippen LogP contribution is -2.32. The van der Waals surface area contributed by atoms with Crippen molar-refractivity contribution in [3.05, 3.63) is 35.4 Å². The molecular weight excluding hydrogens is 264 g/mol. The van der Waals surface area contributed by atoms with Crippen LogP contribution in [0, 0.1) is 5.92 Å². The summed E-state index contributed by atoms with van der Waals surface area (Å²) in [4.78, 5) is 15.8. The molecule has 1 aliphatic rings. The van der Waals surface area contributed by atoms with Crippen LogP contribution in [0.1, 0.15) is 35.7 Å². The van der Waals surface area contributed by atoms with Gasteiger partial charge in [-0.3, -0.25) is 0 Å². The number of likely N-dealkylation sites (tertiary alicyclic amines) is 1. The van der Waals surface area contributed by atoms with Gasteiger partial charge in [-0.05, 0) is 56.6 Å². The first-order chi connectivity index (χ1) is 10.0. The number of carboxylic acid groups (broad SMARTS) is 1. The second kappa shape index (κ2) is 7.57. The highest BCUT2D eigenvalue weighted by molar-refractivity contribution is 5.87. The Morgan fingerprint density at radius 1 is 1.38 bits per heavy atom. The summed E-state index contributed by atoms with van der Waals surface area (Å²) in [7, 11) is 2.11. The Hall–Kier alpha value is -1.39. The molecule has 1 heterocycles. The molecule has 0 saturated carbocycles. The van der Waals surface area contributed by atoms with Crippen LogP contribution in [0.4, 0.5) is 0 Å². The summed E-state index contributed by atoms with van der Waals surface area (Å²) >= 11 is 0. The Bertz CT molecular complexity index is 470. The fourth-order valence-corrected chi connectivity index (χ4v) is 3.17. The third-order valence-corrected chi connectivity index (χ3v) is 4.02. The molecule has 21 heavy (non-hydrogen) atoms. The molecule has 4 heteroatoms. The molecule has 1 fully saturated rings. The van der Waals surface area contributed by atoms with Gasteiger partial charge in [-0.15, -0.1) is 0 Å². The minimum absolute atomic E-state index is 0.367. The average Bonchev–Trinajstić information content (AvgIpc) is 2.91. The number of carbonyl (C=O) groups is 1. The molecule has 0 aromatic heterocycles. The van der Waals surface area contributed by atoms with E-state index < -0.39 is 5.97 Å². The highest BCUT2D eigenvalue weighted by atomic mass is 16.4. The van der Waals surface area contributed by atoms with Crippen molar-refractivity contribution in [2.24, 2.45) is 5.92 Å². The van der Waals surface area contributed by atoms with Crippen molar-refractivity contribution in [2.75, 3.05) is 33.2 Å². The van der Waals surface area contributed by atoms with Crippen LogP contribution in [0.3, 0.4) is 0 Å². The zero-order chi connectivity index (χ0) is 15.2. The Kier molecular flexibility index (Phi) is 5.76. The van der Waals surface area contributed by atoms with Crippen LogP contribution in [0.5, 0.6) is 0 Å². The first kappa shape index (κ1) is 16.0. The van der Waals surface area contributed by atoms with E-state index in [1.165, 1.54) is 32.5 Å². The van der Waals surface area contributed by atoms with E-state index in [2.05, 4.69) is 23.8 Å². The summed E-state index contributed by atoms with van der Waals surface area (Å²) in [6, 6.07) is 7.22. The van der Waals surface area contributed by atoms with Crippen molar-refractivity contribution < 1.29 is 9.90 Å². The van der Waals surface area contributed by atoms with E-state index >= 15 is 0 Å². The molecule has 1 unspecified atom stereocenters. The number of benzene rings is 1. The minimum atomic E-state index is -0.859. The molecule has 2 rings (SSSR count). The SMILES string of the molecule is CC(CN(C)Cc1cccc(C(=O)O)c1)CN1CCCC1.